The largest absolute Gasteiger partial charge is 0.480 e. The van der Waals surface area contributed by atoms with Crippen molar-refractivity contribution in [1.82, 2.24) is 9.80 Å². The molecule has 1 aromatic carbocycles. The minimum atomic E-state index is -0.792. The Morgan fingerprint density at radius 2 is 1.94 bits per heavy atom. The average Bonchev–Trinajstić information content (AvgIpc) is 3.34. The maximum absolute atomic E-state index is 14.2. The fraction of sp³-hybridized carbons (Fsp3) is 0.643. The first-order valence-electron chi connectivity index (χ1n) is 13.0. The second kappa shape index (κ2) is 6.45. The first-order chi connectivity index (χ1) is 16.9. The van der Waals surface area contributed by atoms with Gasteiger partial charge in [0.05, 0.1) is 29.0 Å². The molecule has 1 aromatic rings. The molecule has 3 spiro atoms. The molecule has 2 bridgehead atoms. The van der Waals surface area contributed by atoms with E-state index in [1.807, 2.05) is 44.0 Å². The Morgan fingerprint density at radius 3 is 2.69 bits per heavy atom. The lowest BCUT2D eigenvalue weighted by Crippen LogP contribution is -2.80. The number of rotatable bonds is 1. The maximum Gasteiger partial charge on any atom is 0.246 e. The average molecular weight is 494 g/mol. The molecule has 0 aromatic heterocycles. The number of amides is 2. The molecule has 8 nitrogen and oxygen atoms in total. The molecule has 7 aliphatic rings. The zero-order valence-electron chi connectivity index (χ0n) is 21.9. The van der Waals surface area contributed by atoms with Gasteiger partial charge in [-0.3, -0.25) is 14.5 Å². The summed E-state index contributed by atoms with van der Waals surface area (Å²) in [6.07, 6.45) is 5.56. The highest BCUT2D eigenvalue weighted by Gasteiger charge is 2.80. The number of piperazine rings is 1. The van der Waals surface area contributed by atoms with Gasteiger partial charge in [0.15, 0.2) is 11.5 Å². The van der Waals surface area contributed by atoms with Crippen molar-refractivity contribution in [2.24, 2.45) is 11.3 Å². The van der Waals surface area contributed by atoms with Gasteiger partial charge in [-0.1, -0.05) is 19.9 Å². The van der Waals surface area contributed by atoms with E-state index in [1.165, 1.54) is 0 Å². The van der Waals surface area contributed by atoms with Gasteiger partial charge >= 0.3 is 0 Å². The standard InChI is InChI=1S/C28H35N3O5/c1-24(2)10-12-35-21-17(36-24)8-7-16-20(21)29-22(32)27(16)14-26-15-31-11-9-19(34-6)28(31,23(33)30(26)5)13-18(26)25(27,3)4/h7-8,10,12,18-19H,9,11,13-15H2,1-6H3,(H,29,32)/t18-,19+,26-,27-,28+/m0/s1. The summed E-state index contributed by atoms with van der Waals surface area (Å²) in [6.45, 7) is 10.0. The molecule has 4 saturated heterocycles. The predicted octanol–water partition coefficient (Wildman–Crippen LogP) is 3.06. The number of hydrogen-bond acceptors (Lipinski definition) is 6. The van der Waals surface area contributed by atoms with Crippen LogP contribution >= 0.6 is 0 Å². The van der Waals surface area contributed by atoms with Crippen LogP contribution in [-0.4, -0.2) is 71.6 Å². The second-order valence-corrected chi connectivity index (χ2v) is 12.8. The quantitative estimate of drug-likeness (QED) is 0.648. The number of piperidine rings is 2. The van der Waals surface area contributed by atoms with E-state index in [9.17, 15) is 9.59 Å². The van der Waals surface area contributed by atoms with E-state index < -0.39 is 27.5 Å². The van der Waals surface area contributed by atoms with Crippen LogP contribution in [0.4, 0.5) is 5.69 Å². The number of methoxy groups -OCH3 is 1. The van der Waals surface area contributed by atoms with Crippen LogP contribution in [0.3, 0.4) is 0 Å². The zero-order valence-corrected chi connectivity index (χ0v) is 21.9. The molecule has 5 atom stereocenters. The topological polar surface area (TPSA) is 80.3 Å². The first-order valence-corrected chi connectivity index (χ1v) is 13.0. The van der Waals surface area contributed by atoms with E-state index in [-0.39, 0.29) is 23.8 Å². The monoisotopic (exact) mass is 493 g/mol. The number of nitrogens with zero attached hydrogens (tertiary/aromatic N) is 2. The Morgan fingerprint density at radius 1 is 1.17 bits per heavy atom. The third-order valence-electron chi connectivity index (χ3n) is 10.8. The summed E-state index contributed by atoms with van der Waals surface area (Å²) in [5.41, 5.74) is -1.15. The molecular weight excluding hydrogens is 458 g/mol. The van der Waals surface area contributed by atoms with Crippen molar-refractivity contribution in [2.45, 2.75) is 75.2 Å². The van der Waals surface area contributed by atoms with E-state index in [1.54, 1.807) is 13.4 Å². The molecule has 0 unspecified atom stereocenters. The van der Waals surface area contributed by atoms with Crippen LogP contribution in [0.2, 0.25) is 0 Å². The normalized spacial score (nSPS) is 40.8. The van der Waals surface area contributed by atoms with Crippen molar-refractivity contribution in [3.05, 3.63) is 30.0 Å². The molecule has 1 aliphatic carbocycles. The first kappa shape index (κ1) is 22.6. The molecular formula is C28H35N3O5. The summed E-state index contributed by atoms with van der Waals surface area (Å²) in [5, 5.41) is 3.21. The fourth-order valence-corrected chi connectivity index (χ4v) is 9.03. The van der Waals surface area contributed by atoms with Crippen LogP contribution < -0.4 is 14.8 Å². The third-order valence-corrected chi connectivity index (χ3v) is 10.8. The van der Waals surface area contributed by atoms with Gasteiger partial charge in [-0.05, 0) is 62.1 Å². The van der Waals surface area contributed by atoms with Gasteiger partial charge in [-0.2, -0.15) is 0 Å². The summed E-state index contributed by atoms with van der Waals surface area (Å²) in [6, 6.07) is 3.98. The summed E-state index contributed by atoms with van der Waals surface area (Å²) in [7, 11) is 3.67. The van der Waals surface area contributed by atoms with E-state index in [0.29, 0.717) is 30.0 Å². The number of hydrogen-bond donors (Lipinski definition) is 1. The van der Waals surface area contributed by atoms with Gasteiger partial charge in [-0.15, -0.1) is 0 Å². The van der Waals surface area contributed by atoms with Crippen LogP contribution in [0.15, 0.2) is 24.5 Å². The van der Waals surface area contributed by atoms with Gasteiger partial charge in [0, 0.05) is 27.2 Å². The highest BCUT2D eigenvalue weighted by atomic mass is 16.5. The molecule has 6 heterocycles. The van der Waals surface area contributed by atoms with Gasteiger partial charge in [0.1, 0.15) is 11.1 Å². The predicted molar refractivity (Wildman–Crippen MR) is 133 cm³/mol. The Bertz CT molecular complexity index is 1260. The Labute approximate surface area is 211 Å². The van der Waals surface area contributed by atoms with Crippen LogP contribution in [0.5, 0.6) is 11.5 Å². The fourth-order valence-electron chi connectivity index (χ4n) is 9.03. The lowest BCUT2D eigenvalue weighted by molar-refractivity contribution is -0.196. The summed E-state index contributed by atoms with van der Waals surface area (Å²) < 4.78 is 18.2. The molecule has 8 rings (SSSR count). The second-order valence-electron chi connectivity index (χ2n) is 12.8. The molecule has 36 heavy (non-hydrogen) atoms. The summed E-state index contributed by atoms with van der Waals surface area (Å²) in [4.78, 5) is 32.5. The van der Waals surface area contributed by atoms with Crippen molar-refractivity contribution in [3.63, 3.8) is 0 Å². The summed E-state index contributed by atoms with van der Waals surface area (Å²) >= 11 is 0. The van der Waals surface area contributed by atoms with Gasteiger partial charge in [0.2, 0.25) is 11.8 Å². The number of fused-ring (bicyclic) bond motifs is 5. The molecule has 1 N–H and O–H groups in total. The third kappa shape index (κ3) is 2.22. The van der Waals surface area contributed by atoms with E-state index in [0.717, 1.165) is 25.1 Å². The zero-order chi connectivity index (χ0) is 25.5. The number of nitrogens with one attached hydrogen (secondary N) is 1. The molecule has 8 heteroatoms. The van der Waals surface area contributed by atoms with E-state index in [2.05, 4.69) is 24.1 Å². The Kier molecular flexibility index (Phi) is 4.05. The summed E-state index contributed by atoms with van der Waals surface area (Å²) in [5.74, 6) is 1.44. The highest BCUT2D eigenvalue weighted by Crippen LogP contribution is 2.72. The minimum Gasteiger partial charge on any atom is -0.480 e. The smallest absolute Gasteiger partial charge is 0.246 e. The van der Waals surface area contributed by atoms with Crippen molar-refractivity contribution in [2.75, 3.05) is 32.6 Å². The van der Waals surface area contributed by atoms with E-state index >= 15 is 0 Å². The van der Waals surface area contributed by atoms with Crippen LogP contribution in [0.25, 0.3) is 0 Å². The molecule has 5 fully saturated rings. The Hall–Kier alpha value is -2.58. The van der Waals surface area contributed by atoms with Crippen molar-refractivity contribution >= 4 is 17.5 Å². The van der Waals surface area contributed by atoms with Crippen LogP contribution in [0.1, 0.15) is 52.5 Å². The number of benzene rings is 1. The molecule has 6 aliphatic heterocycles. The molecule has 2 amide bonds. The van der Waals surface area contributed by atoms with Crippen molar-refractivity contribution in [3.8, 4) is 11.5 Å². The van der Waals surface area contributed by atoms with Crippen molar-refractivity contribution in [1.29, 1.82) is 0 Å². The molecule has 192 valence electrons. The SMILES string of the molecule is CO[C@@H]1CCN2C[C@@]34C[C@]5(C(=O)Nc6c5ccc5c6OC=CC(C)(C)O5)C(C)(C)[C@@H]3C[C@]12C(=O)N4C. The number of likely N-dealkylation sites (N-methyl/N-ethyl adjacent to an activating group) is 1. The minimum absolute atomic E-state index is 0.0130. The van der Waals surface area contributed by atoms with Crippen LogP contribution in [-0.2, 0) is 19.7 Å². The molecule has 0 radical (unpaired) electrons. The van der Waals surface area contributed by atoms with E-state index in [4.69, 9.17) is 14.2 Å². The Balaban J connectivity index is 1.40. The number of carbonyl (C=O) groups excluding carboxylic acids is 2. The molecule has 1 saturated carbocycles. The van der Waals surface area contributed by atoms with Gasteiger partial charge < -0.3 is 24.4 Å². The van der Waals surface area contributed by atoms with Crippen LogP contribution in [0, 0.1) is 11.3 Å². The highest BCUT2D eigenvalue weighted by molar-refractivity contribution is 6.09. The lowest BCUT2D eigenvalue weighted by Gasteiger charge is -2.64. The lowest BCUT2D eigenvalue weighted by atomic mass is 9.57. The number of ether oxygens (including phenoxy) is 3. The van der Waals surface area contributed by atoms with Crippen molar-refractivity contribution < 1.29 is 23.8 Å². The number of anilines is 1. The number of carbonyl (C=O) groups is 2. The maximum atomic E-state index is 14.2. The van der Waals surface area contributed by atoms with Gasteiger partial charge in [-0.25, -0.2) is 0 Å². The van der Waals surface area contributed by atoms with Gasteiger partial charge in [0.25, 0.3) is 0 Å².